The quantitative estimate of drug-likeness (QED) is 0.173. The van der Waals surface area contributed by atoms with Crippen molar-refractivity contribution in [1.82, 2.24) is 5.32 Å². The highest BCUT2D eigenvalue weighted by Gasteiger charge is 2.31. The summed E-state index contributed by atoms with van der Waals surface area (Å²) in [6.07, 6.45) is -1.84. The topological polar surface area (TPSA) is 102 Å². The van der Waals surface area contributed by atoms with E-state index in [-0.39, 0.29) is 17.6 Å². The number of para-hydroxylation sites is 1. The van der Waals surface area contributed by atoms with Crippen LogP contribution < -0.4 is 20.3 Å². The molecule has 1 aliphatic heterocycles. The number of amides is 2. The molecule has 0 aliphatic carbocycles. The Morgan fingerprint density at radius 3 is 2.51 bits per heavy atom. The molecule has 0 bridgehead atoms. The van der Waals surface area contributed by atoms with Crippen molar-refractivity contribution in [1.29, 1.82) is 5.41 Å². The summed E-state index contributed by atoms with van der Waals surface area (Å²) in [6, 6.07) is 20.3. The van der Waals surface area contributed by atoms with Gasteiger partial charge in [-0.15, -0.1) is 13.2 Å². The summed E-state index contributed by atoms with van der Waals surface area (Å²) >= 11 is 1.59. The van der Waals surface area contributed by atoms with Crippen LogP contribution in [0, 0.1) is 5.41 Å². The fourth-order valence-corrected chi connectivity index (χ4v) is 5.31. The maximum atomic E-state index is 12.7. The smallest absolute Gasteiger partial charge is 0.406 e. The van der Waals surface area contributed by atoms with E-state index >= 15 is 0 Å². The predicted molar refractivity (Wildman–Crippen MR) is 168 cm³/mol. The molecule has 226 valence electrons. The van der Waals surface area contributed by atoms with Crippen molar-refractivity contribution in [2.75, 3.05) is 29.1 Å². The number of hydrogen-bond acceptors (Lipinski definition) is 4. The molecule has 4 rings (SSSR count). The van der Waals surface area contributed by atoms with Gasteiger partial charge in [0.2, 0.25) is 0 Å². The summed E-state index contributed by atoms with van der Waals surface area (Å²) in [5.41, 5.74) is 4.37. The molecule has 8 nitrogen and oxygen atoms in total. The number of aliphatic imine (C=N–C) groups is 2. The summed E-state index contributed by atoms with van der Waals surface area (Å²) in [4.78, 5) is 23.2. The molecule has 3 aromatic rings. The highest BCUT2D eigenvalue weighted by atomic mass is 32.2. The Morgan fingerprint density at radius 2 is 1.81 bits per heavy atom. The van der Waals surface area contributed by atoms with E-state index < -0.39 is 6.36 Å². The molecule has 0 radical (unpaired) electrons. The molecular formula is C31H33F3N6O2S. The van der Waals surface area contributed by atoms with Crippen LogP contribution in [0.5, 0.6) is 5.75 Å². The Bertz CT molecular complexity index is 1460. The van der Waals surface area contributed by atoms with E-state index in [1.54, 1.807) is 23.9 Å². The second-order valence-corrected chi connectivity index (χ2v) is 11.0. The van der Waals surface area contributed by atoms with Crippen molar-refractivity contribution >= 4 is 46.5 Å². The standard InChI is InChI=1S/C31H33F3N6O2S/c1-21(2)26-6-3-4-7-27(26)40-18-5-19-43-30(40)39-29(41)36-17-16-22-8-10-23(11-9-22)28(35)38-20-37-24-12-14-25(15-13-24)42-31(32,33)34/h3-4,6-15,20-21H,5,16-19H2,1-2H3,(H,36,41)(H2,35,37,38)/b39-30-. The number of carbonyl (C=O) groups excluding carboxylic acids is 1. The minimum Gasteiger partial charge on any atom is -0.406 e. The number of urea groups is 1. The van der Waals surface area contributed by atoms with Crippen molar-refractivity contribution < 1.29 is 22.7 Å². The third-order valence-electron chi connectivity index (χ3n) is 6.46. The molecular weight excluding hydrogens is 577 g/mol. The molecule has 0 atom stereocenters. The van der Waals surface area contributed by atoms with Crippen molar-refractivity contribution in [3.63, 3.8) is 0 Å². The van der Waals surface area contributed by atoms with E-state index in [4.69, 9.17) is 5.41 Å². The SMILES string of the molecule is CC(C)c1ccccc1N1CCCS/C1=N\C(=O)NCCc1ccc(C(=N)/N=C\Nc2ccc(OC(F)(F)F)cc2)cc1. The van der Waals surface area contributed by atoms with Gasteiger partial charge in [0.25, 0.3) is 0 Å². The fraction of sp³-hybridized carbons (Fsp3) is 0.290. The van der Waals surface area contributed by atoms with Crippen LogP contribution in [0.2, 0.25) is 0 Å². The van der Waals surface area contributed by atoms with Crippen LogP contribution in [-0.2, 0) is 6.42 Å². The van der Waals surface area contributed by atoms with Crippen LogP contribution in [0.3, 0.4) is 0 Å². The largest absolute Gasteiger partial charge is 0.573 e. The molecule has 1 fully saturated rings. The summed E-state index contributed by atoms with van der Waals surface area (Å²) in [6.45, 7) is 5.55. The number of nitrogens with one attached hydrogen (secondary N) is 3. The first-order valence-electron chi connectivity index (χ1n) is 13.8. The highest BCUT2D eigenvalue weighted by Crippen LogP contribution is 2.32. The number of rotatable bonds is 9. The maximum absolute atomic E-state index is 12.7. The number of ether oxygens (including phenoxy) is 1. The Kier molecular flexibility index (Phi) is 10.8. The van der Waals surface area contributed by atoms with Gasteiger partial charge < -0.3 is 20.3 Å². The molecule has 12 heteroatoms. The zero-order valence-electron chi connectivity index (χ0n) is 23.8. The summed E-state index contributed by atoms with van der Waals surface area (Å²) in [5.74, 6) is 0.956. The zero-order chi connectivity index (χ0) is 30.8. The zero-order valence-corrected chi connectivity index (χ0v) is 24.6. The lowest BCUT2D eigenvalue weighted by Gasteiger charge is -2.31. The Morgan fingerprint density at radius 1 is 1.09 bits per heavy atom. The molecule has 2 amide bonds. The van der Waals surface area contributed by atoms with E-state index in [1.807, 2.05) is 24.3 Å². The molecule has 0 aromatic heterocycles. The molecule has 1 saturated heterocycles. The summed E-state index contributed by atoms with van der Waals surface area (Å²) in [5, 5.41) is 14.6. The molecule has 3 aromatic carbocycles. The van der Waals surface area contributed by atoms with Gasteiger partial charge in [-0.1, -0.05) is 68.1 Å². The summed E-state index contributed by atoms with van der Waals surface area (Å²) in [7, 11) is 0. The lowest BCUT2D eigenvalue weighted by Crippen LogP contribution is -2.36. The number of benzene rings is 3. The first kappa shape index (κ1) is 31.6. The van der Waals surface area contributed by atoms with E-state index in [2.05, 4.69) is 56.2 Å². The molecule has 3 N–H and O–H groups in total. The van der Waals surface area contributed by atoms with E-state index in [0.29, 0.717) is 35.3 Å². The fourth-order valence-electron chi connectivity index (χ4n) is 4.37. The van der Waals surface area contributed by atoms with Crippen molar-refractivity contribution in [3.05, 3.63) is 89.5 Å². The monoisotopic (exact) mass is 610 g/mol. The third-order valence-corrected chi connectivity index (χ3v) is 7.53. The highest BCUT2D eigenvalue weighted by molar-refractivity contribution is 8.14. The minimum absolute atomic E-state index is 0.00813. The Hall–Kier alpha value is -4.32. The second-order valence-electron chi connectivity index (χ2n) is 9.96. The Labute approximate surface area is 253 Å². The molecule has 43 heavy (non-hydrogen) atoms. The van der Waals surface area contributed by atoms with Crippen molar-refractivity contribution in [2.24, 2.45) is 9.98 Å². The number of halogens is 3. The molecule has 0 saturated carbocycles. The van der Waals surface area contributed by atoms with Gasteiger partial charge in [-0.05, 0) is 60.2 Å². The average molecular weight is 611 g/mol. The summed E-state index contributed by atoms with van der Waals surface area (Å²) < 4.78 is 40.7. The van der Waals surface area contributed by atoms with Gasteiger partial charge in [0, 0.05) is 35.8 Å². The lowest BCUT2D eigenvalue weighted by atomic mass is 10.0. The molecule has 0 spiro atoms. The molecule has 0 unspecified atom stereocenters. The number of anilines is 2. The van der Waals surface area contributed by atoms with Crippen LogP contribution in [-0.4, -0.2) is 48.6 Å². The van der Waals surface area contributed by atoms with Gasteiger partial charge in [0.1, 0.15) is 5.75 Å². The van der Waals surface area contributed by atoms with Crippen LogP contribution >= 0.6 is 11.8 Å². The number of nitrogens with zero attached hydrogens (tertiary/aromatic N) is 3. The van der Waals surface area contributed by atoms with Gasteiger partial charge in [-0.3, -0.25) is 5.41 Å². The number of alkyl halides is 3. The lowest BCUT2D eigenvalue weighted by molar-refractivity contribution is -0.274. The number of amidine groups is 2. The third kappa shape index (κ3) is 9.60. The van der Waals surface area contributed by atoms with Crippen LogP contribution in [0.1, 0.15) is 42.9 Å². The van der Waals surface area contributed by atoms with Crippen molar-refractivity contribution in [2.45, 2.75) is 39.0 Å². The first-order valence-corrected chi connectivity index (χ1v) is 14.8. The van der Waals surface area contributed by atoms with Crippen LogP contribution in [0.25, 0.3) is 0 Å². The second kappa shape index (κ2) is 14.7. The van der Waals surface area contributed by atoms with E-state index in [1.165, 1.54) is 36.2 Å². The van der Waals surface area contributed by atoms with E-state index in [0.717, 1.165) is 30.0 Å². The number of hydrogen-bond donors (Lipinski definition) is 3. The number of thioether (sulfide) groups is 1. The normalized spacial score (nSPS) is 14.7. The average Bonchev–Trinajstić information content (AvgIpc) is 2.98. The van der Waals surface area contributed by atoms with Crippen molar-refractivity contribution in [3.8, 4) is 5.75 Å². The van der Waals surface area contributed by atoms with Gasteiger partial charge in [0.15, 0.2) is 11.0 Å². The van der Waals surface area contributed by atoms with Crippen LogP contribution in [0.15, 0.2) is 82.8 Å². The van der Waals surface area contributed by atoms with Gasteiger partial charge in [0.05, 0.1) is 6.34 Å². The predicted octanol–water partition coefficient (Wildman–Crippen LogP) is 7.43. The molecule has 1 aliphatic rings. The van der Waals surface area contributed by atoms with Gasteiger partial charge in [-0.2, -0.15) is 4.99 Å². The number of carbonyl (C=O) groups is 1. The van der Waals surface area contributed by atoms with E-state index in [9.17, 15) is 18.0 Å². The van der Waals surface area contributed by atoms with Gasteiger partial charge in [-0.25, -0.2) is 9.79 Å². The first-order chi connectivity index (χ1) is 20.6. The van der Waals surface area contributed by atoms with Gasteiger partial charge >= 0.3 is 12.4 Å². The van der Waals surface area contributed by atoms with Crippen LogP contribution in [0.4, 0.5) is 29.3 Å². The Balaban J connectivity index is 1.25. The molecule has 1 heterocycles. The minimum atomic E-state index is -4.75. The maximum Gasteiger partial charge on any atom is 0.573 e.